The van der Waals surface area contributed by atoms with E-state index in [1.807, 2.05) is 0 Å². The molecule has 1 aromatic carbocycles. The monoisotopic (exact) mass is 206 g/mol. The van der Waals surface area contributed by atoms with Crippen molar-refractivity contribution in [2.24, 2.45) is 0 Å². The molecule has 78 valence electrons. The molecule has 5 heteroatoms. The van der Waals surface area contributed by atoms with E-state index in [0.717, 1.165) is 0 Å². The molecule has 1 amide bonds. The molecule has 1 atom stereocenters. The van der Waals surface area contributed by atoms with E-state index in [-0.39, 0.29) is 18.0 Å². The van der Waals surface area contributed by atoms with Crippen molar-refractivity contribution in [2.45, 2.75) is 6.17 Å². The van der Waals surface area contributed by atoms with E-state index in [9.17, 15) is 9.59 Å². The molecule has 0 bridgehead atoms. The van der Waals surface area contributed by atoms with Crippen molar-refractivity contribution in [2.75, 3.05) is 6.54 Å². The summed E-state index contributed by atoms with van der Waals surface area (Å²) in [5.41, 5.74) is 0.785. The number of carbonyl (C=O) groups is 2. The largest absolute Gasteiger partial charge is 0.478 e. The summed E-state index contributed by atoms with van der Waals surface area (Å²) in [5, 5.41) is 14.5. The van der Waals surface area contributed by atoms with E-state index in [0.29, 0.717) is 5.56 Å². The van der Waals surface area contributed by atoms with Crippen LogP contribution in [-0.2, 0) is 4.79 Å². The highest BCUT2D eigenvalue weighted by atomic mass is 16.4. The summed E-state index contributed by atoms with van der Waals surface area (Å²) in [4.78, 5) is 21.9. The van der Waals surface area contributed by atoms with Gasteiger partial charge < -0.3 is 10.4 Å². The topological polar surface area (TPSA) is 78.4 Å². The average molecular weight is 206 g/mol. The molecule has 1 aromatic rings. The smallest absolute Gasteiger partial charge is 0.336 e. The molecule has 1 fully saturated rings. The lowest BCUT2D eigenvalue weighted by Gasteiger charge is -2.13. The normalized spacial score (nSPS) is 20.0. The Balaban J connectivity index is 2.35. The van der Waals surface area contributed by atoms with Crippen molar-refractivity contribution in [1.29, 1.82) is 0 Å². The Morgan fingerprint density at radius 1 is 1.40 bits per heavy atom. The standard InChI is InChI=1S/C10H10N2O3/c13-8-5-11-9(12-8)6-3-1-2-4-7(6)10(14)15/h1-4,9,11H,5H2,(H,12,13)(H,14,15). The van der Waals surface area contributed by atoms with Crippen LogP contribution in [0.25, 0.3) is 0 Å². The number of carbonyl (C=O) groups excluding carboxylic acids is 1. The van der Waals surface area contributed by atoms with Crippen LogP contribution in [0.1, 0.15) is 22.1 Å². The molecular weight excluding hydrogens is 196 g/mol. The number of hydrogen-bond acceptors (Lipinski definition) is 3. The summed E-state index contributed by atoms with van der Waals surface area (Å²) in [7, 11) is 0. The second kappa shape index (κ2) is 3.70. The second-order valence-electron chi connectivity index (χ2n) is 3.27. The zero-order valence-electron chi connectivity index (χ0n) is 7.86. The second-order valence-corrected chi connectivity index (χ2v) is 3.27. The Bertz CT molecular complexity index is 417. The first-order valence-electron chi connectivity index (χ1n) is 4.53. The molecule has 1 saturated heterocycles. The number of carboxylic acids is 1. The summed E-state index contributed by atoms with van der Waals surface area (Å²) in [5.74, 6) is -1.12. The van der Waals surface area contributed by atoms with E-state index >= 15 is 0 Å². The molecule has 0 aliphatic carbocycles. The third kappa shape index (κ3) is 1.82. The maximum absolute atomic E-state index is 11.0. The van der Waals surface area contributed by atoms with Gasteiger partial charge in [0.05, 0.1) is 12.1 Å². The quantitative estimate of drug-likeness (QED) is 0.641. The molecule has 1 aliphatic heterocycles. The Morgan fingerprint density at radius 2 is 2.13 bits per heavy atom. The SMILES string of the molecule is O=C1CNC(c2ccccc2C(=O)O)N1. The van der Waals surface area contributed by atoms with Gasteiger partial charge in [0.1, 0.15) is 6.17 Å². The van der Waals surface area contributed by atoms with Gasteiger partial charge in [0, 0.05) is 5.56 Å². The van der Waals surface area contributed by atoms with Gasteiger partial charge in [0.25, 0.3) is 0 Å². The van der Waals surface area contributed by atoms with E-state index in [4.69, 9.17) is 5.11 Å². The number of hydrogen-bond donors (Lipinski definition) is 3. The van der Waals surface area contributed by atoms with Crippen LogP contribution in [-0.4, -0.2) is 23.5 Å². The number of aromatic carboxylic acids is 1. The van der Waals surface area contributed by atoms with Gasteiger partial charge >= 0.3 is 5.97 Å². The summed E-state index contributed by atoms with van der Waals surface area (Å²) >= 11 is 0. The number of carboxylic acid groups (broad SMARTS) is 1. The molecule has 2 rings (SSSR count). The van der Waals surface area contributed by atoms with Gasteiger partial charge in [-0.25, -0.2) is 4.79 Å². The maximum atomic E-state index is 11.0. The number of rotatable bonds is 2. The molecule has 0 saturated carbocycles. The van der Waals surface area contributed by atoms with Crippen LogP contribution in [0.5, 0.6) is 0 Å². The van der Waals surface area contributed by atoms with Crippen molar-refractivity contribution in [1.82, 2.24) is 10.6 Å². The van der Waals surface area contributed by atoms with E-state index in [1.165, 1.54) is 6.07 Å². The first-order chi connectivity index (χ1) is 7.18. The zero-order valence-corrected chi connectivity index (χ0v) is 7.86. The Labute approximate surface area is 86.1 Å². The van der Waals surface area contributed by atoms with Crippen LogP contribution >= 0.6 is 0 Å². The third-order valence-electron chi connectivity index (χ3n) is 2.27. The first kappa shape index (κ1) is 9.67. The fraction of sp³-hybridized carbons (Fsp3) is 0.200. The highest BCUT2D eigenvalue weighted by Gasteiger charge is 2.24. The van der Waals surface area contributed by atoms with Crippen LogP contribution in [0.15, 0.2) is 24.3 Å². The minimum atomic E-state index is -0.992. The number of amides is 1. The van der Waals surface area contributed by atoms with Crippen LogP contribution in [0.4, 0.5) is 0 Å². The lowest BCUT2D eigenvalue weighted by atomic mass is 10.1. The van der Waals surface area contributed by atoms with Crippen LogP contribution in [0, 0.1) is 0 Å². The van der Waals surface area contributed by atoms with Crippen molar-refractivity contribution in [3.05, 3.63) is 35.4 Å². The number of nitrogens with one attached hydrogen (secondary N) is 2. The molecule has 0 radical (unpaired) electrons. The van der Waals surface area contributed by atoms with Crippen molar-refractivity contribution in [3.8, 4) is 0 Å². The first-order valence-corrected chi connectivity index (χ1v) is 4.53. The molecule has 5 nitrogen and oxygen atoms in total. The van der Waals surface area contributed by atoms with E-state index in [1.54, 1.807) is 18.2 Å². The van der Waals surface area contributed by atoms with Gasteiger partial charge in [-0.2, -0.15) is 0 Å². The third-order valence-corrected chi connectivity index (χ3v) is 2.27. The molecule has 3 N–H and O–H groups in total. The van der Waals surface area contributed by atoms with Gasteiger partial charge in [-0.1, -0.05) is 18.2 Å². The average Bonchev–Trinajstić information content (AvgIpc) is 2.65. The molecule has 1 aliphatic rings. The van der Waals surface area contributed by atoms with E-state index in [2.05, 4.69) is 10.6 Å². The Hall–Kier alpha value is -1.88. The predicted molar refractivity (Wildman–Crippen MR) is 52.3 cm³/mol. The molecular formula is C10H10N2O3. The van der Waals surface area contributed by atoms with Crippen LogP contribution in [0.2, 0.25) is 0 Å². The van der Waals surface area contributed by atoms with Gasteiger partial charge in [0.2, 0.25) is 5.91 Å². The number of benzene rings is 1. The van der Waals surface area contributed by atoms with Gasteiger partial charge in [-0.3, -0.25) is 10.1 Å². The maximum Gasteiger partial charge on any atom is 0.336 e. The Morgan fingerprint density at radius 3 is 2.73 bits per heavy atom. The summed E-state index contributed by atoms with van der Waals surface area (Å²) in [6, 6.07) is 6.61. The van der Waals surface area contributed by atoms with Crippen molar-refractivity contribution < 1.29 is 14.7 Å². The fourth-order valence-corrected chi connectivity index (χ4v) is 1.59. The molecule has 15 heavy (non-hydrogen) atoms. The molecule has 1 unspecified atom stereocenters. The summed E-state index contributed by atoms with van der Waals surface area (Å²) in [6.45, 7) is 0.221. The van der Waals surface area contributed by atoms with Gasteiger partial charge in [-0.15, -0.1) is 0 Å². The minimum absolute atomic E-state index is 0.125. The predicted octanol–water partition coefficient (Wildman–Crippen LogP) is 0.103. The van der Waals surface area contributed by atoms with Crippen LogP contribution < -0.4 is 10.6 Å². The van der Waals surface area contributed by atoms with Crippen molar-refractivity contribution in [3.63, 3.8) is 0 Å². The molecule has 0 aromatic heterocycles. The van der Waals surface area contributed by atoms with Crippen LogP contribution in [0.3, 0.4) is 0 Å². The Kier molecular flexibility index (Phi) is 2.39. The summed E-state index contributed by atoms with van der Waals surface area (Å²) < 4.78 is 0. The fourth-order valence-electron chi connectivity index (χ4n) is 1.59. The zero-order chi connectivity index (χ0) is 10.8. The molecule has 0 spiro atoms. The minimum Gasteiger partial charge on any atom is -0.478 e. The lowest BCUT2D eigenvalue weighted by Crippen LogP contribution is -2.24. The lowest BCUT2D eigenvalue weighted by molar-refractivity contribution is -0.118. The van der Waals surface area contributed by atoms with Gasteiger partial charge in [-0.05, 0) is 6.07 Å². The summed E-state index contributed by atoms with van der Waals surface area (Å²) in [6.07, 6.45) is -0.398. The van der Waals surface area contributed by atoms with Crippen molar-refractivity contribution >= 4 is 11.9 Å². The highest BCUT2D eigenvalue weighted by Crippen LogP contribution is 2.17. The molecule has 1 heterocycles. The van der Waals surface area contributed by atoms with E-state index < -0.39 is 12.1 Å². The highest BCUT2D eigenvalue weighted by molar-refractivity contribution is 5.90. The van der Waals surface area contributed by atoms with Gasteiger partial charge in [0.15, 0.2) is 0 Å².